The molecule has 0 spiro atoms. The van der Waals surface area contributed by atoms with E-state index in [1.165, 1.54) is 0 Å². The van der Waals surface area contributed by atoms with Crippen LogP contribution in [0.25, 0.3) is 0 Å². The van der Waals surface area contributed by atoms with Crippen molar-refractivity contribution in [2.45, 2.75) is 26.3 Å². The van der Waals surface area contributed by atoms with E-state index in [1.54, 1.807) is 0 Å². The lowest BCUT2D eigenvalue weighted by Crippen LogP contribution is -2.34. The van der Waals surface area contributed by atoms with Crippen molar-refractivity contribution < 1.29 is 4.79 Å². The molecule has 18 heavy (non-hydrogen) atoms. The summed E-state index contributed by atoms with van der Waals surface area (Å²) >= 11 is 0. The van der Waals surface area contributed by atoms with Gasteiger partial charge in [-0.3, -0.25) is 4.79 Å². The van der Waals surface area contributed by atoms with Crippen LogP contribution in [0.4, 0.5) is 5.69 Å². The summed E-state index contributed by atoms with van der Waals surface area (Å²) in [4.78, 5) is 13.9. The Labute approximate surface area is 108 Å². The minimum Gasteiger partial charge on any atom is -0.330 e. The molecule has 98 valence electrons. The van der Waals surface area contributed by atoms with Gasteiger partial charge in [-0.15, -0.1) is 0 Å². The van der Waals surface area contributed by atoms with Crippen LogP contribution >= 0.6 is 0 Å². The Morgan fingerprint density at radius 3 is 2.78 bits per heavy atom. The number of carbonyl (C=O) groups excluding carboxylic acids is 1. The summed E-state index contributed by atoms with van der Waals surface area (Å²) in [5.41, 5.74) is 14.5. The van der Waals surface area contributed by atoms with Crippen LogP contribution in [0.15, 0.2) is 18.2 Å². The molecule has 1 aromatic rings. The Morgan fingerprint density at radius 2 is 2.17 bits per heavy atom. The SMILES string of the molecule is CCC(CN)CN1C(=O)Cc2cc(CN)ccc21. The highest BCUT2D eigenvalue weighted by atomic mass is 16.2. The maximum Gasteiger partial charge on any atom is 0.231 e. The van der Waals surface area contributed by atoms with Crippen LogP contribution in [-0.2, 0) is 17.8 Å². The van der Waals surface area contributed by atoms with Gasteiger partial charge in [-0.1, -0.05) is 25.5 Å². The molecule has 4 nitrogen and oxygen atoms in total. The fourth-order valence-corrected chi connectivity index (χ4v) is 2.39. The normalized spacial score (nSPS) is 15.9. The third-order valence-corrected chi connectivity index (χ3v) is 3.66. The van der Waals surface area contributed by atoms with Crippen molar-refractivity contribution >= 4 is 11.6 Å². The lowest BCUT2D eigenvalue weighted by Gasteiger charge is -2.22. The summed E-state index contributed by atoms with van der Waals surface area (Å²) in [6.45, 7) is 3.97. The zero-order valence-electron chi connectivity index (χ0n) is 10.9. The number of nitrogens with two attached hydrogens (primary N) is 2. The summed E-state index contributed by atoms with van der Waals surface area (Å²) in [5.74, 6) is 0.542. The van der Waals surface area contributed by atoms with Crippen LogP contribution in [0.3, 0.4) is 0 Å². The van der Waals surface area contributed by atoms with Gasteiger partial charge in [0.1, 0.15) is 0 Å². The highest BCUT2D eigenvalue weighted by Crippen LogP contribution is 2.30. The molecule has 0 aromatic heterocycles. The first-order valence-electron chi connectivity index (χ1n) is 6.51. The third-order valence-electron chi connectivity index (χ3n) is 3.66. The van der Waals surface area contributed by atoms with E-state index in [-0.39, 0.29) is 5.91 Å². The number of carbonyl (C=O) groups is 1. The van der Waals surface area contributed by atoms with Gasteiger partial charge in [-0.25, -0.2) is 0 Å². The predicted octanol–water partition coefficient (Wildman–Crippen LogP) is 1.02. The summed E-state index contributed by atoms with van der Waals surface area (Å²) in [7, 11) is 0. The molecule has 1 atom stereocenters. The van der Waals surface area contributed by atoms with Gasteiger partial charge >= 0.3 is 0 Å². The van der Waals surface area contributed by atoms with E-state index in [2.05, 4.69) is 6.92 Å². The van der Waals surface area contributed by atoms with Gasteiger partial charge in [0.15, 0.2) is 0 Å². The van der Waals surface area contributed by atoms with Crippen LogP contribution in [-0.4, -0.2) is 19.0 Å². The first-order valence-corrected chi connectivity index (χ1v) is 6.51. The zero-order chi connectivity index (χ0) is 13.1. The van der Waals surface area contributed by atoms with Gasteiger partial charge in [0, 0.05) is 18.8 Å². The van der Waals surface area contributed by atoms with Crippen LogP contribution in [0.1, 0.15) is 24.5 Å². The molecule has 2 rings (SSSR count). The van der Waals surface area contributed by atoms with Crippen molar-refractivity contribution in [3.05, 3.63) is 29.3 Å². The smallest absolute Gasteiger partial charge is 0.231 e. The first kappa shape index (κ1) is 13.1. The molecule has 1 aromatic carbocycles. The zero-order valence-corrected chi connectivity index (χ0v) is 10.9. The van der Waals surface area contributed by atoms with Gasteiger partial charge in [0.25, 0.3) is 0 Å². The Hall–Kier alpha value is -1.39. The second-order valence-electron chi connectivity index (χ2n) is 4.86. The van der Waals surface area contributed by atoms with Crippen molar-refractivity contribution in [2.24, 2.45) is 17.4 Å². The summed E-state index contributed by atoms with van der Waals surface area (Å²) in [5, 5.41) is 0. The molecular formula is C14H21N3O. The topological polar surface area (TPSA) is 72.3 Å². The fourth-order valence-electron chi connectivity index (χ4n) is 2.39. The number of fused-ring (bicyclic) bond motifs is 1. The lowest BCUT2D eigenvalue weighted by atomic mass is 10.1. The third kappa shape index (κ3) is 2.40. The highest BCUT2D eigenvalue weighted by Gasteiger charge is 2.28. The van der Waals surface area contributed by atoms with E-state index in [0.717, 1.165) is 29.8 Å². The molecule has 0 bridgehead atoms. The predicted molar refractivity (Wildman–Crippen MR) is 73.2 cm³/mol. The number of nitrogens with zero attached hydrogens (tertiary/aromatic N) is 1. The van der Waals surface area contributed by atoms with E-state index in [9.17, 15) is 4.79 Å². The van der Waals surface area contributed by atoms with E-state index in [0.29, 0.717) is 25.4 Å². The molecule has 1 unspecified atom stereocenters. The van der Waals surface area contributed by atoms with E-state index in [4.69, 9.17) is 11.5 Å². The molecule has 0 saturated heterocycles. The number of rotatable bonds is 5. The second kappa shape index (κ2) is 5.50. The second-order valence-corrected chi connectivity index (χ2v) is 4.86. The minimum absolute atomic E-state index is 0.172. The summed E-state index contributed by atoms with van der Waals surface area (Å²) < 4.78 is 0. The van der Waals surface area contributed by atoms with Crippen molar-refractivity contribution in [1.82, 2.24) is 0 Å². The van der Waals surface area contributed by atoms with E-state index >= 15 is 0 Å². The Morgan fingerprint density at radius 1 is 1.39 bits per heavy atom. The number of hydrogen-bond acceptors (Lipinski definition) is 3. The molecule has 4 heteroatoms. The first-order chi connectivity index (χ1) is 8.69. The van der Waals surface area contributed by atoms with E-state index in [1.807, 2.05) is 23.1 Å². The quantitative estimate of drug-likeness (QED) is 0.816. The van der Waals surface area contributed by atoms with Crippen LogP contribution in [0.2, 0.25) is 0 Å². The fraction of sp³-hybridized carbons (Fsp3) is 0.500. The van der Waals surface area contributed by atoms with Gasteiger partial charge in [-0.05, 0) is 29.7 Å². The molecular weight excluding hydrogens is 226 g/mol. The monoisotopic (exact) mass is 247 g/mol. The average Bonchev–Trinajstić information content (AvgIpc) is 2.70. The number of hydrogen-bond donors (Lipinski definition) is 2. The largest absolute Gasteiger partial charge is 0.330 e. The van der Waals surface area contributed by atoms with Crippen LogP contribution < -0.4 is 16.4 Å². The molecule has 1 aliphatic rings. The van der Waals surface area contributed by atoms with Crippen molar-refractivity contribution in [1.29, 1.82) is 0 Å². The van der Waals surface area contributed by atoms with Crippen molar-refractivity contribution in [3.63, 3.8) is 0 Å². The Kier molecular flexibility index (Phi) is 3.99. The molecule has 0 saturated carbocycles. The molecule has 0 radical (unpaired) electrons. The molecule has 1 amide bonds. The van der Waals surface area contributed by atoms with Crippen molar-refractivity contribution in [2.75, 3.05) is 18.0 Å². The Bertz CT molecular complexity index is 441. The molecule has 0 fully saturated rings. The van der Waals surface area contributed by atoms with E-state index < -0.39 is 0 Å². The number of amides is 1. The maximum absolute atomic E-state index is 12.1. The molecule has 0 aliphatic carbocycles. The maximum atomic E-state index is 12.1. The summed E-state index contributed by atoms with van der Waals surface area (Å²) in [6.07, 6.45) is 1.49. The molecule has 4 N–H and O–H groups in total. The van der Waals surface area contributed by atoms with Crippen LogP contribution in [0, 0.1) is 5.92 Å². The molecule has 1 heterocycles. The van der Waals surface area contributed by atoms with Gasteiger partial charge in [0.05, 0.1) is 6.42 Å². The summed E-state index contributed by atoms with van der Waals surface area (Å²) in [6, 6.07) is 6.04. The highest BCUT2D eigenvalue weighted by molar-refractivity contribution is 6.01. The lowest BCUT2D eigenvalue weighted by molar-refractivity contribution is -0.117. The minimum atomic E-state index is 0.172. The van der Waals surface area contributed by atoms with Gasteiger partial charge in [0.2, 0.25) is 5.91 Å². The molecule has 1 aliphatic heterocycles. The van der Waals surface area contributed by atoms with Gasteiger partial charge < -0.3 is 16.4 Å². The number of benzene rings is 1. The average molecular weight is 247 g/mol. The number of anilines is 1. The Balaban J connectivity index is 2.22. The van der Waals surface area contributed by atoms with Crippen molar-refractivity contribution in [3.8, 4) is 0 Å². The standard InChI is InChI=1S/C14H21N3O/c1-2-10(7-15)9-17-13-4-3-11(8-16)5-12(13)6-14(17)18/h3-5,10H,2,6-9,15-16H2,1H3. The van der Waals surface area contributed by atoms with Gasteiger partial charge in [-0.2, -0.15) is 0 Å². The van der Waals surface area contributed by atoms with Crippen LogP contribution in [0.5, 0.6) is 0 Å².